The first-order valence-electron chi connectivity index (χ1n) is 26.8. The molecular formula is C76H52N2. The summed E-state index contributed by atoms with van der Waals surface area (Å²) in [4.78, 5) is 4.67. The van der Waals surface area contributed by atoms with Crippen LogP contribution in [0.3, 0.4) is 0 Å². The van der Waals surface area contributed by atoms with E-state index in [1.165, 1.54) is 87.6 Å². The topological polar surface area (TPSA) is 6.48 Å². The van der Waals surface area contributed by atoms with Gasteiger partial charge >= 0.3 is 0 Å². The van der Waals surface area contributed by atoms with E-state index in [4.69, 9.17) is 0 Å². The molecule has 14 rings (SSSR count). The smallest absolute Gasteiger partial charge is 0.0462 e. The Morgan fingerprint density at radius 2 is 0.423 bits per heavy atom. The van der Waals surface area contributed by atoms with Crippen molar-refractivity contribution in [3.05, 3.63) is 315 Å². The normalized spacial score (nSPS) is 11.3. The molecule has 0 bridgehead atoms. The zero-order valence-electron chi connectivity index (χ0n) is 42.9. The Bertz CT molecular complexity index is 4350. The maximum absolute atomic E-state index is 2.53. The van der Waals surface area contributed by atoms with Crippen LogP contribution in [0.4, 0.5) is 34.1 Å². The van der Waals surface area contributed by atoms with Crippen LogP contribution in [-0.2, 0) is 0 Å². The molecule has 0 aliphatic heterocycles. The molecule has 0 saturated carbocycles. The lowest BCUT2D eigenvalue weighted by molar-refractivity contribution is 1.28. The first-order chi connectivity index (χ1) is 38.7. The molecule has 366 valence electrons. The molecule has 78 heavy (non-hydrogen) atoms. The first-order valence-corrected chi connectivity index (χ1v) is 26.8. The van der Waals surface area contributed by atoms with Crippen LogP contribution in [0.25, 0.3) is 98.7 Å². The Hall–Kier alpha value is -10.3. The summed E-state index contributed by atoms with van der Waals surface area (Å²) in [5, 5.41) is 9.68. The van der Waals surface area contributed by atoms with E-state index >= 15 is 0 Å². The zero-order valence-corrected chi connectivity index (χ0v) is 42.9. The lowest BCUT2D eigenvalue weighted by Gasteiger charge is -2.26. The molecule has 0 aliphatic rings. The van der Waals surface area contributed by atoms with E-state index in [-0.39, 0.29) is 0 Å². The minimum absolute atomic E-state index is 1.09. The van der Waals surface area contributed by atoms with Crippen LogP contribution in [0.15, 0.2) is 315 Å². The number of rotatable bonds is 11. The third-order valence-corrected chi connectivity index (χ3v) is 15.4. The maximum Gasteiger partial charge on any atom is 0.0462 e. The van der Waals surface area contributed by atoms with Crippen LogP contribution < -0.4 is 9.80 Å². The van der Waals surface area contributed by atoms with Gasteiger partial charge in [0.1, 0.15) is 0 Å². The predicted octanol–water partition coefficient (Wildman–Crippen LogP) is 21.6. The molecular weight excluding hydrogens is 941 g/mol. The zero-order chi connectivity index (χ0) is 51.8. The molecule has 0 aromatic heterocycles. The molecule has 0 fully saturated rings. The van der Waals surface area contributed by atoms with Gasteiger partial charge in [0, 0.05) is 34.1 Å². The van der Waals surface area contributed by atoms with Gasteiger partial charge < -0.3 is 9.80 Å². The molecule has 0 atom stereocenters. The second kappa shape index (κ2) is 20.1. The fraction of sp³-hybridized carbons (Fsp3) is 0. The van der Waals surface area contributed by atoms with Crippen molar-refractivity contribution >= 4 is 77.2 Å². The van der Waals surface area contributed by atoms with E-state index in [1.54, 1.807) is 0 Å². The number of nitrogens with zero attached hydrogens (tertiary/aromatic N) is 2. The molecule has 14 aromatic carbocycles. The van der Waals surface area contributed by atoms with Gasteiger partial charge in [0.05, 0.1) is 0 Å². The van der Waals surface area contributed by atoms with Crippen molar-refractivity contribution in [3.63, 3.8) is 0 Å². The Morgan fingerprint density at radius 3 is 0.859 bits per heavy atom. The Balaban J connectivity index is 1.06. The van der Waals surface area contributed by atoms with Crippen LogP contribution in [0.1, 0.15) is 0 Å². The number of anilines is 6. The Kier molecular flexibility index (Phi) is 11.9. The number of para-hydroxylation sites is 4. The van der Waals surface area contributed by atoms with Crippen LogP contribution in [0, 0.1) is 0 Å². The molecule has 0 heterocycles. The van der Waals surface area contributed by atoms with E-state index in [9.17, 15) is 0 Å². The number of benzene rings is 14. The second-order valence-electron chi connectivity index (χ2n) is 20.0. The molecule has 0 radical (unpaired) electrons. The van der Waals surface area contributed by atoms with Gasteiger partial charge in [-0.2, -0.15) is 0 Å². The van der Waals surface area contributed by atoms with Crippen molar-refractivity contribution in [1.29, 1.82) is 0 Å². The average Bonchev–Trinajstić information content (AvgIpc) is 3.69. The summed E-state index contributed by atoms with van der Waals surface area (Å²) in [5.41, 5.74) is 18.5. The first kappa shape index (κ1) is 46.3. The molecule has 0 amide bonds. The fourth-order valence-corrected chi connectivity index (χ4v) is 11.9. The maximum atomic E-state index is 2.53. The van der Waals surface area contributed by atoms with Gasteiger partial charge in [-0.05, 0) is 190 Å². The van der Waals surface area contributed by atoms with Crippen LogP contribution >= 0.6 is 0 Å². The van der Waals surface area contributed by atoms with E-state index in [0.717, 1.165) is 45.3 Å². The SMILES string of the molecule is c1ccc(-c2cccc(-c3c(-c4ccccc4)c4cc5c(-c6ccc(N(c7ccccc7)c7ccccc7)cc6)c6ccccc6c(-c6ccc(N(c7ccccc7)c7ccccc7)cc6)c5cc4c4ccccc34)c2)cc1. The molecule has 0 N–H and O–H groups in total. The Labute approximate surface area is 455 Å². The highest BCUT2D eigenvalue weighted by Gasteiger charge is 2.24. The lowest BCUT2D eigenvalue weighted by Crippen LogP contribution is -2.09. The third kappa shape index (κ3) is 8.34. The van der Waals surface area contributed by atoms with Gasteiger partial charge in [-0.25, -0.2) is 0 Å². The van der Waals surface area contributed by atoms with Crippen molar-refractivity contribution in [2.75, 3.05) is 9.80 Å². The standard InChI is InChI=1S/C76H52N2/c1-7-24-53(25-8-1)57-28-23-29-58(50-57)76-66-39-20-19-38-65(66)69-51-71-72(52-70(69)75(76)54-26-9-2-10-27-54)74(56-44-48-64(49-45-56)78(61-34-15-5-16-35-61)62-36-17-6-18-37-62)68-41-22-21-40-67(68)73(71)55-42-46-63(47-43-55)77(59-30-11-3-12-31-59)60-32-13-4-14-33-60/h1-52H. The molecule has 0 spiro atoms. The van der Waals surface area contributed by atoms with E-state index in [2.05, 4.69) is 325 Å². The quantitative estimate of drug-likeness (QED) is 0.0941. The van der Waals surface area contributed by atoms with E-state index < -0.39 is 0 Å². The molecule has 0 saturated heterocycles. The summed E-state index contributed by atoms with van der Waals surface area (Å²) in [6.07, 6.45) is 0. The summed E-state index contributed by atoms with van der Waals surface area (Å²) < 4.78 is 0. The highest BCUT2D eigenvalue weighted by atomic mass is 15.1. The van der Waals surface area contributed by atoms with E-state index in [1.807, 2.05) is 0 Å². The summed E-state index contributed by atoms with van der Waals surface area (Å²) in [5.74, 6) is 0. The van der Waals surface area contributed by atoms with Crippen LogP contribution in [-0.4, -0.2) is 0 Å². The average molecular weight is 993 g/mol. The number of hydrogen-bond donors (Lipinski definition) is 0. The van der Waals surface area contributed by atoms with Crippen molar-refractivity contribution in [3.8, 4) is 55.6 Å². The van der Waals surface area contributed by atoms with Crippen molar-refractivity contribution in [1.82, 2.24) is 0 Å². The molecule has 0 unspecified atom stereocenters. The van der Waals surface area contributed by atoms with Gasteiger partial charge in [-0.15, -0.1) is 0 Å². The van der Waals surface area contributed by atoms with Crippen molar-refractivity contribution in [2.24, 2.45) is 0 Å². The number of hydrogen-bond acceptors (Lipinski definition) is 2. The molecule has 14 aromatic rings. The Morgan fingerprint density at radius 1 is 0.141 bits per heavy atom. The van der Waals surface area contributed by atoms with Crippen molar-refractivity contribution in [2.45, 2.75) is 0 Å². The fourth-order valence-electron chi connectivity index (χ4n) is 11.9. The minimum atomic E-state index is 1.09. The van der Waals surface area contributed by atoms with Crippen LogP contribution in [0.2, 0.25) is 0 Å². The molecule has 2 heteroatoms. The van der Waals surface area contributed by atoms with E-state index in [0.29, 0.717) is 0 Å². The van der Waals surface area contributed by atoms with Crippen LogP contribution in [0.5, 0.6) is 0 Å². The summed E-state index contributed by atoms with van der Waals surface area (Å²) in [7, 11) is 0. The monoisotopic (exact) mass is 992 g/mol. The largest absolute Gasteiger partial charge is 0.311 e. The molecule has 2 nitrogen and oxygen atoms in total. The predicted molar refractivity (Wildman–Crippen MR) is 333 cm³/mol. The highest BCUT2D eigenvalue weighted by Crippen LogP contribution is 2.51. The highest BCUT2D eigenvalue weighted by molar-refractivity contribution is 6.29. The van der Waals surface area contributed by atoms with Gasteiger partial charge in [-0.3, -0.25) is 0 Å². The van der Waals surface area contributed by atoms with Crippen molar-refractivity contribution < 1.29 is 0 Å². The van der Waals surface area contributed by atoms with Gasteiger partial charge in [-0.1, -0.05) is 224 Å². The summed E-state index contributed by atoms with van der Waals surface area (Å²) >= 11 is 0. The van der Waals surface area contributed by atoms with Gasteiger partial charge in [0.25, 0.3) is 0 Å². The summed E-state index contributed by atoms with van der Waals surface area (Å²) in [6.45, 7) is 0. The number of fused-ring (bicyclic) bond motifs is 5. The molecule has 0 aliphatic carbocycles. The van der Waals surface area contributed by atoms with Gasteiger partial charge in [0.15, 0.2) is 0 Å². The second-order valence-corrected chi connectivity index (χ2v) is 20.0. The van der Waals surface area contributed by atoms with Gasteiger partial charge in [0.2, 0.25) is 0 Å². The lowest BCUT2D eigenvalue weighted by atomic mass is 9.80. The summed E-state index contributed by atoms with van der Waals surface area (Å²) in [6, 6.07) is 115. The third-order valence-electron chi connectivity index (χ3n) is 15.4. The minimum Gasteiger partial charge on any atom is -0.311 e.